The lowest BCUT2D eigenvalue weighted by atomic mass is 10.4. The van der Waals surface area contributed by atoms with Crippen LogP contribution in [0.25, 0.3) is 0 Å². The maximum Gasteiger partial charge on any atom is 0.306 e. The molecule has 12 nitrogen and oxygen atoms in total. The fourth-order valence-corrected chi connectivity index (χ4v) is 6.00. The van der Waals surface area contributed by atoms with E-state index in [2.05, 4.69) is 29.8 Å². The van der Waals surface area contributed by atoms with Gasteiger partial charge in [-0.15, -0.1) is 0 Å². The lowest BCUT2D eigenvalue weighted by molar-refractivity contribution is -0.151. The molecule has 18 heteroatoms. The minimum atomic E-state index is -0.239. The van der Waals surface area contributed by atoms with E-state index in [1.807, 2.05) is 25.7 Å². The largest absolute Gasteiger partial charge is 0.464 e. The smallest absolute Gasteiger partial charge is 0.306 e. The Morgan fingerprint density at radius 1 is 0.412 bits per heavy atom. The second-order valence-electron chi connectivity index (χ2n) is 9.78. The third-order valence-corrected chi connectivity index (χ3v) is 10.2. The summed E-state index contributed by atoms with van der Waals surface area (Å²) >= 11 is 10.1. The Labute approximate surface area is 332 Å². The maximum atomic E-state index is 11.3. The van der Waals surface area contributed by atoms with E-state index < -0.39 is 0 Å². The normalized spacial score (nSPS) is 10.0. The Bertz CT molecular complexity index is 784. The van der Waals surface area contributed by atoms with Gasteiger partial charge in [-0.05, 0) is 36.0 Å². The second kappa shape index (κ2) is 45.1. The van der Waals surface area contributed by atoms with E-state index in [1.165, 1.54) is 0 Å². The number of carbonyl (C=O) groups excluding carboxylic acids is 6. The van der Waals surface area contributed by atoms with Crippen LogP contribution < -0.4 is 16.0 Å². The van der Waals surface area contributed by atoms with E-state index in [0.717, 1.165) is 51.8 Å². The zero-order valence-electron chi connectivity index (χ0n) is 31.5. The van der Waals surface area contributed by atoms with Crippen molar-refractivity contribution in [2.75, 3.05) is 110 Å². The Balaban J connectivity index is -0.000000678. The van der Waals surface area contributed by atoms with E-state index in [9.17, 15) is 28.8 Å². The minimum Gasteiger partial charge on any atom is -0.464 e. The number of rotatable bonds is 30. The van der Waals surface area contributed by atoms with Crippen molar-refractivity contribution < 1.29 is 43.0 Å². The van der Waals surface area contributed by atoms with Crippen LogP contribution in [0.3, 0.4) is 0 Å². The Morgan fingerprint density at radius 2 is 0.706 bits per heavy atom. The fourth-order valence-electron chi connectivity index (χ4n) is 3.04. The van der Waals surface area contributed by atoms with Gasteiger partial charge in [0.2, 0.25) is 17.7 Å². The molecular weight excluding hydrogens is 775 g/mol. The van der Waals surface area contributed by atoms with Crippen LogP contribution in [0.1, 0.15) is 59.3 Å². The Morgan fingerprint density at radius 3 is 1.08 bits per heavy atom. The van der Waals surface area contributed by atoms with Crippen molar-refractivity contribution in [3.05, 3.63) is 0 Å². The zero-order chi connectivity index (χ0) is 38.8. The molecule has 0 fully saturated rings. The van der Waals surface area contributed by atoms with Crippen molar-refractivity contribution in [2.24, 2.45) is 0 Å². The molecule has 0 rings (SSSR count). The molecule has 0 saturated heterocycles. The summed E-state index contributed by atoms with van der Waals surface area (Å²) in [6, 6.07) is 0. The van der Waals surface area contributed by atoms with Crippen molar-refractivity contribution in [1.29, 1.82) is 0 Å². The van der Waals surface area contributed by atoms with Gasteiger partial charge in [-0.25, -0.2) is 0 Å². The van der Waals surface area contributed by atoms with Crippen LogP contribution in [0.2, 0.25) is 0 Å². The van der Waals surface area contributed by atoms with Crippen molar-refractivity contribution in [3.8, 4) is 0 Å². The first-order chi connectivity index (χ1) is 24.6. The molecule has 0 aliphatic carbocycles. The molecule has 3 amide bonds. The summed E-state index contributed by atoms with van der Waals surface area (Å²) in [4.78, 5) is 67.1. The predicted molar refractivity (Wildman–Crippen MR) is 224 cm³/mol. The van der Waals surface area contributed by atoms with Gasteiger partial charge in [-0.1, -0.05) is 20.8 Å². The number of carbonyl (C=O) groups is 6. The van der Waals surface area contributed by atoms with Crippen molar-refractivity contribution in [2.45, 2.75) is 59.3 Å². The molecule has 0 aliphatic heterocycles. The van der Waals surface area contributed by atoms with Crippen LogP contribution in [0.5, 0.6) is 0 Å². The van der Waals surface area contributed by atoms with Gasteiger partial charge in [0, 0.05) is 66.9 Å². The summed E-state index contributed by atoms with van der Waals surface area (Å²) in [5.74, 6) is 7.38. The average Bonchev–Trinajstić information content (AvgIpc) is 3.12. The molecule has 0 aliphatic rings. The average molecular weight is 838 g/mol. The SMILES string of the molecule is CCSCCC(=O)NCCNC(=O)CCSC.CCSCCC(=O)OCCNC(=O)CCSC.CCSCCC(=O)OCCOC(=O)CCSC. The van der Waals surface area contributed by atoms with Crippen LogP contribution in [0, 0.1) is 0 Å². The number of hydrogen-bond acceptors (Lipinski definition) is 15. The van der Waals surface area contributed by atoms with Crippen LogP contribution in [0.4, 0.5) is 0 Å². The van der Waals surface area contributed by atoms with Crippen molar-refractivity contribution in [1.82, 2.24) is 16.0 Å². The molecular formula is C33H63N3O9S6. The van der Waals surface area contributed by atoms with Gasteiger partial charge in [0.1, 0.15) is 19.8 Å². The van der Waals surface area contributed by atoms with Crippen LogP contribution in [0.15, 0.2) is 0 Å². The van der Waals surface area contributed by atoms with E-state index in [0.29, 0.717) is 58.2 Å². The lowest BCUT2D eigenvalue weighted by Crippen LogP contribution is -2.34. The molecule has 0 aromatic heterocycles. The molecule has 0 aromatic carbocycles. The molecule has 0 saturated carbocycles. The Kier molecular flexibility index (Phi) is 48.0. The van der Waals surface area contributed by atoms with E-state index in [4.69, 9.17) is 14.2 Å². The van der Waals surface area contributed by atoms with Crippen molar-refractivity contribution >= 4 is 106 Å². The van der Waals surface area contributed by atoms with Crippen LogP contribution in [-0.2, 0) is 43.0 Å². The quantitative estimate of drug-likeness (QED) is 0.0521. The molecule has 3 N–H and O–H groups in total. The number of nitrogens with one attached hydrogen (secondary N) is 3. The van der Waals surface area contributed by atoms with Gasteiger partial charge in [0.05, 0.1) is 25.8 Å². The molecule has 0 unspecified atom stereocenters. The van der Waals surface area contributed by atoms with Gasteiger partial charge in [-0.2, -0.15) is 70.6 Å². The highest BCUT2D eigenvalue weighted by Crippen LogP contribution is 2.03. The maximum absolute atomic E-state index is 11.3. The summed E-state index contributed by atoms with van der Waals surface area (Å²) < 4.78 is 14.8. The van der Waals surface area contributed by atoms with Crippen LogP contribution in [-0.4, -0.2) is 146 Å². The monoisotopic (exact) mass is 837 g/mol. The lowest BCUT2D eigenvalue weighted by Gasteiger charge is -2.06. The van der Waals surface area contributed by atoms with Gasteiger partial charge in [0.25, 0.3) is 0 Å². The minimum absolute atomic E-state index is 0.0111. The van der Waals surface area contributed by atoms with Gasteiger partial charge in [0.15, 0.2) is 0 Å². The third-order valence-electron chi connectivity index (χ3n) is 5.63. The fraction of sp³-hybridized carbons (Fsp3) is 0.818. The highest BCUT2D eigenvalue weighted by Gasteiger charge is 2.06. The summed E-state index contributed by atoms with van der Waals surface area (Å²) in [5, 5.41) is 8.25. The first-order valence-electron chi connectivity index (χ1n) is 17.1. The van der Waals surface area contributed by atoms with Gasteiger partial charge in [-0.3, -0.25) is 28.8 Å². The molecule has 0 heterocycles. The Hall–Kier alpha value is -1.08. The number of hydrogen-bond donors (Lipinski definition) is 3. The van der Waals surface area contributed by atoms with Gasteiger partial charge >= 0.3 is 17.9 Å². The van der Waals surface area contributed by atoms with Gasteiger partial charge < -0.3 is 30.2 Å². The molecule has 51 heavy (non-hydrogen) atoms. The molecule has 300 valence electrons. The highest BCUT2D eigenvalue weighted by atomic mass is 32.2. The summed E-state index contributed by atoms with van der Waals surface area (Å²) in [5.41, 5.74) is 0. The summed E-state index contributed by atoms with van der Waals surface area (Å²) in [7, 11) is 0. The van der Waals surface area contributed by atoms with E-state index in [1.54, 1.807) is 70.6 Å². The number of amides is 3. The molecule has 0 atom stereocenters. The standard InChI is InChI=1S/C11H22N2O2S2.C11H21NO3S2.C11H20O4S2/c1-3-17-9-5-11(15)13-7-6-12-10(14)4-8-16-2;1-3-17-9-5-11(14)15-7-6-12-10(13)4-8-16-2;1-3-17-9-5-11(13)15-7-6-14-10(12)4-8-16-2/h3-9H2,1-2H3,(H,12,14)(H,13,15);3-9H2,1-2H3,(H,12,13);3-9H2,1-2H3. The first-order valence-corrected chi connectivity index (χ1v) is 24.7. The topological polar surface area (TPSA) is 166 Å². The third kappa shape index (κ3) is 48.9. The molecule has 0 aromatic rings. The first kappa shape index (κ1) is 54.3. The number of esters is 3. The molecule has 0 radical (unpaired) electrons. The summed E-state index contributed by atoms with van der Waals surface area (Å²) in [6.07, 6.45) is 8.75. The summed E-state index contributed by atoms with van der Waals surface area (Å²) in [6.45, 7) is 8.18. The second-order valence-corrected chi connectivity index (χ2v) is 16.9. The highest BCUT2D eigenvalue weighted by molar-refractivity contribution is 8.00. The van der Waals surface area contributed by atoms with E-state index >= 15 is 0 Å². The van der Waals surface area contributed by atoms with E-state index in [-0.39, 0.29) is 55.5 Å². The molecule has 0 spiro atoms. The van der Waals surface area contributed by atoms with Crippen molar-refractivity contribution in [3.63, 3.8) is 0 Å². The van der Waals surface area contributed by atoms with Crippen LogP contribution >= 0.6 is 70.6 Å². The number of thioether (sulfide) groups is 6. The zero-order valence-corrected chi connectivity index (χ0v) is 36.4. The number of ether oxygens (including phenoxy) is 3. The predicted octanol–water partition coefficient (Wildman–Crippen LogP) is 4.63. The molecule has 0 bridgehead atoms.